The molecule has 32 heavy (non-hydrogen) atoms. The predicted molar refractivity (Wildman–Crippen MR) is 127 cm³/mol. The van der Waals surface area contributed by atoms with Gasteiger partial charge < -0.3 is 5.32 Å². The molecule has 0 saturated heterocycles. The van der Waals surface area contributed by atoms with Gasteiger partial charge in [-0.15, -0.1) is 0 Å². The van der Waals surface area contributed by atoms with Crippen molar-refractivity contribution >= 4 is 21.4 Å². The number of rotatable bonds is 7. The first-order chi connectivity index (χ1) is 15.3. The van der Waals surface area contributed by atoms with Crippen molar-refractivity contribution in [3.8, 4) is 11.3 Å². The quantitative estimate of drug-likeness (QED) is 0.435. The van der Waals surface area contributed by atoms with E-state index < -0.39 is 10.0 Å². The Bertz CT molecular complexity index is 1310. The first-order valence-electron chi connectivity index (χ1n) is 10.2. The maximum atomic E-state index is 12.8. The zero-order chi connectivity index (χ0) is 22.7. The van der Waals surface area contributed by atoms with Gasteiger partial charge in [0.2, 0.25) is 0 Å². The van der Waals surface area contributed by atoms with Crippen molar-refractivity contribution in [3.63, 3.8) is 0 Å². The molecule has 0 unspecified atom stereocenters. The van der Waals surface area contributed by atoms with Gasteiger partial charge >= 0.3 is 0 Å². The summed E-state index contributed by atoms with van der Waals surface area (Å²) in [5.74, 6) is 0. The third kappa shape index (κ3) is 4.65. The number of hydrogen-bond donors (Lipinski definition) is 2. The van der Waals surface area contributed by atoms with Crippen molar-refractivity contribution in [1.29, 1.82) is 0 Å². The van der Waals surface area contributed by atoms with Gasteiger partial charge in [-0.3, -0.25) is 14.4 Å². The van der Waals surface area contributed by atoms with Crippen LogP contribution in [0.25, 0.3) is 11.3 Å². The monoisotopic (exact) mass is 447 g/mol. The predicted octanol–water partition coefficient (Wildman–Crippen LogP) is 4.51. The van der Waals surface area contributed by atoms with Gasteiger partial charge in [-0.2, -0.15) is 5.10 Å². The van der Waals surface area contributed by atoms with Crippen LogP contribution in [0.5, 0.6) is 0 Å². The first kappa shape index (κ1) is 21.6. The number of aryl methyl sites for hydroxylation is 2. The summed E-state index contributed by atoms with van der Waals surface area (Å²) in [6.07, 6.45) is 1.78. The van der Waals surface area contributed by atoms with Crippen molar-refractivity contribution in [2.45, 2.75) is 25.3 Å². The highest BCUT2D eigenvalue weighted by molar-refractivity contribution is 7.92. The zero-order valence-electron chi connectivity index (χ0n) is 18.2. The molecule has 0 aliphatic heterocycles. The van der Waals surface area contributed by atoms with E-state index in [1.54, 1.807) is 37.0 Å². The minimum Gasteiger partial charge on any atom is -0.381 e. The Labute approximate surface area is 188 Å². The molecular formula is C24H25N5O2S. The Kier molecular flexibility index (Phi) is 5.96. The summed E-state index contributed by atoms with van der Waals surface area (Å²) < 4.78 is 29.9. The highest BCUT2D eigenvalue weighted by Crippen LogP contribution is 2.23. The van der Waals surface area contributed by atoms with E-state index in [0.29, 0.717) is 17.9 Å². The van der Waals surface area contributed by atoms with Crippen LogP contribution in [0.15, 0.2) is 77.8 Å². The van der Waals surface area contributed by atoms with Crippen LogP contribution in [0.2, 0.25) is 0 Å². The van der Waals surface area contributed by atoms with Crippen LogP contribution in [-0.4, -0.2) is 23.2 Å². The Morgan fingerprint density at radius 3 is 2.25 bits per heavy atom. The van der Waals surface area contributed by atoms with Gasteiger partial charge in [0.05, 0.1) is 27.7 Å². The second-order valence-electron chi connectivity index (χ2n) is 7.56. The van der Waals surface area contributed by atoms with Crippen LogP contribution in [0, 0.1) is 13.8 Å². The third-order valence-electron chi connectivity index (χ3n) is 5.32. The van der Waals surface area contributed by atoms with E-state index in [1.807, 2.05) is 61.5 Å². The number of aromatic nitrogens is 3. The van der Waals surface area contributed by atoms with E-state index in [-0.39, 0.29) is 4.90 Å². The van der Waals surface area contributed by atoms with Gasteiger partial charge in [0.15, 0.2) is 0 Å². The number of nitrogens with one attached hydrogen (secondary N) is 2. The number of benzene rings is 2. The molecule has 0 radical (unpaired) electrons. The van der Waals surface area contributed by atoms with Crippen molar-refractivity contribution in [3.05, 3.63) is 89.9 Å². The molecule has 2 N–H and O–H groups in total. The zero-order valence-corrected chi connectivity index (χ0v) is 19.0. The lowest BCUT2D eigenvalue weighted by molar-refractivity contribution is 0.601. The average Bonchev–Trinajstić information content (AvgIpc) is 3.04. The molecular weight excluding hydrogens is 422 g/mol. The Morgan fingerprint density at radius 2 is 1.66 bits per heavy atom. The number of nitrogens with zero attached hydrogens (tertiary/aromatic N) is 3. The fourth-order valence-electron chi connectivity index (χ4n) is 3.40. The van der Waals surface area contributed by atoms with Crippen molar-refractivity contribution < 1.29 is 8.42 Å². The van der Waals surface area contributed by atoms with Crippen LogP contribution in [-0.2, 0) is 23.6 Å². The summed E-state index contributed by atoms with van der Waals surface area (Å²) in [7, 11) is -1.90. The lowest BCUT2D eigenvalue weighted by atomic mass is 10.1. The van der Waals surface area contributed by atoms with E-state index in [1.165, 1.54) is 0 Å². The molecule has 0 spiro atoms. The van der Waals surface area contributed by atoms with E-state index in [0.717, 1.165) is 28.2 Å². The summed E-state index contributed by atoms with van der Waals surface area (Å²) in [5, 5.41) is 7.62. The van der Waals surface area contributed by atoms with Crippen molar-refractivity contribution in [1.82, 2.24) is 14.8 Å². The molecule has 7 nitrogen and oxygen atoms in total. The van der Waals surface area contributed by atoms with E-state index in [9.17, 15) is 8.42 Å². The van der Waals surface area contributed by atoms with Gasteiger partial charge in [0, 0.05) is 31.0 Å². The molecule has 0 bridgehead atoms. The normalized spacial score (nSPS) is 11.3. The van der Waals surface area contributed by atoms with E-state index in [4.69, 9.17) is 0 Å². The van der Waals surface area contributed by atoms with Crippen LogP contribution < -0.4 is 10.0 Å². The summed E-state index contributed by atoms with van der Waals surface area (Å²) >= 11 is 0. The molecule has 0 amide bonds. The van der Waals surface area contributed by atoms with E-state index in [2.05, 4.69) is 20.1 Å². The third-order valence-corrected chi connectivity index (χ3v) is 6.69. The minimum atomic E-state index is -3.69. The Hall–Kier alpha value is -3.65. The van der Waals surface area contributed by atoms with Gasteiger partial charge in [-0.1, -0.05) is 30.3 Å². The average molecular weight is 448 g/mol. The van der Waals surface area contributed by atoms with Crippen molar-refractivity contribution in [2.24, 2.45) is 7.05 Å². The largest absolute Gasteiger partial charge is 0.381 e. The summed E-state index contributed by atoms with van der Waals surface area (Å²) in [6.45, 7) is 4.19. The maximum Gasteiger partial charge on any atom is 0.262 e. The fraction of sp³-hybridized carbons (Fsp3) is 0.167. The molecule has 2 aromatic heterocycles. The summed E-state index contributed by atoms with van der Waals surface area (Å²) in [6, 6.07) is 20.7. The summed E-state index contributed by atoms with van der Waals surface area (Å²) in [4.78, 5) is 4.57. The lowest BCUT2D eigenvalue weighted by Crippen LogP contribution is -2.14. The highest BCUT2D eigenvalue weighted by atomic mass is 32.2. The van der Waals surface area contributed by atoms with Gasteiger partial charge in [-0.25, -0.2) is 8.42 Å². The van der Waals surface area contributed by atoms with E-state index >= 15 is 0 Å². The van der Waals surface area contributed by atoms with Gasteiger partial charge in [0.25, 0.3) is 10.0 Å². The molecule has 0 aliphatic rings. The molecule has 0 saturated carbocycles. The molecule has 0 fully saturated rings. The molecule has 164 valence electrons. The standard InChI is InChI=1S/C24H25N5O2S/c1-17-24(18(2)29(3)27-17)28-32(30,31)22-13-7-19(8-14-22)16-26-21-11-9-20(10-12-21)23-6-4-5-15-25-23/h4-15,26,28H,16H2,1-3H3. The smallest absolute Gasteiger partial charge is 0.262 e. The second kappa shape index (κ2) is 8.84. The minimum absolute atomic E-state index is 0.212. The van der Waals surface area contributed by atoms with Crippen LogP contribution in [0.3, 0.4) is 0 Å². The molecule has 4 rings (SSSR count). The molecule has 2 aromatic carbocycles. The van der Waals surface area contributed by atoms with Crippen molar-refractivity contribution in [2.75, 3.05) is 10.0 Å². The van der Waals surface area contributed by atoms with Crippen LogP contribution in [0.4, 0.5) is 11.4 Å². The first-order valence-corrected chi connectivity index (χ1v) is 11.7. The second-order valence-corrected chi connectivity index (χ2v) is 9.25. The fourth-order valence-corrected chi connectivity index (χ4v) is 4.57. The Morgan fingerprint density at radius 1 is 0.938 bits per heavy atom. The highest BCUT2D eigenvalue weighted by Gasteiger charge is 2.19. The van der Waals surface area contributed by atoms with Crippen LogP contribution in [0.1, 0.15) is 17.0 Å². The van der Waals surface area contributed by atoms with Gasteiger partial charge in [-0.05, 0) is 55.8 Å². The Balaban J connectivity index is 1.40. The molecule has 8 heteroatoms. The summed E-state index contributed by atoms with van der Waals surface area (Å²) in [5.41, 5.74) is 5.87. The lowest BCUT2D eigenvalue weighted by Gasteiger charge is -2.10. The molecule has 4 aromatic rings. The SMILES string of the molecule is Cc1nn(C)c(C)c1NS(=O)(=O)c1ccc(CNc2ccc(-c3ccccn3)cc2)cc1. The number of sulfonamides is 1. The number of anilines is 2. The molecule has 0 aliphatic carbocycles. The number of hydrogen-bond acceptors (Lipinski definition) is 5. The molecule has 0 atom stereocenters. The van der Waals surface area contributed by atoms with Crippen LogP contribution >= 0.6 is 0 Å². The molecule has 2 heterocycles. The number of pyridine rings is 1. The maximum absolute atomic E-state index is 12.8. The topological polar surface area (TPSA) is 88.9 Å². The van der Waals surface area contributed by atoms with Gasteiger partial charge in [0.1, 0.15) is 0 Å².